The molecule has 0 atom stereocenters. The molecule has 1 aliphatic heterocycles. The Morgan fingerprint density at radius 3 is 2.62 bits per heavy atom. The van der Waals surface area contributed by atoms with Gasteiger partial charge in [0.25, 0.3) is 5.56 Å². The van der Waals surface area contributed by atoms with Crippen LogP contribution < -0.4 is 5.56 Å². The van der Waals surface area contributed by atoms with E-state index < -0.39 is 0 Å². The zero-order valence-electron chi connectivity index (χ0n) is 13.8. The van der Waals surface area contributed by atoms with Crippen LogP contribution in [0.1, 0.15) is 43.0 Å². The van der Waals surface area contributed by atoms with Crippen molar-refractivity contribution < 1.29 is 0 Å². The molecular formula is C18H23N5O. The first-order valence-corrected chi connectivity index (χ1v) is 8.85. The summed E-state index contributed by atoms with van der Waals surface area (Å²) in [7, 11) is 0. The highest BCUT2D eigenvalue weighted by Gasteiger charge is 2.26. The van der Waals surface area contributed by atoms with Crippen LogP contribution >= 0.6 is 0 Å². The zero-order valence-corrected chi connectivity index (χ0v) is 13.8. The monoisotopic (exact) mass is 325 g/mol. The maximum atomic E-state index is 12.1. The van der Waals surface area contributed by atoms with E-state index in [4.69, 9.17) is 0 Å². The third-order valence-electron chi connectivity index (χ3n) is 5.03. The number of likely N-dealkylation sites (tertiary alicyclic amines) is 1. The summed E-state index contributed by atoms with van der Waals surface area (Å²) in [5.74, 6) is 1.12. The van der Waals surface area contributed by atoms with Crippen molar-refractivity contribution in [1.82, 2.24) is 24.9 Å². The van der Waals surface area contributed by atoms with Crippen LogP contribution in [-0.4, -0.2) is 38.0 Å². The molecule has 0 unspecified atom stereocenters. The lowest BCUT2D eigenvalue weighted by Gasteiger charge is -2.31. The van der Waals surface area contributed by atoms with Gasteiger partial charge in [0.15, 0.2) is 0 Å². The van der Waals surface area contributed by atoms with Crippen LogP contribution in [0.15, 0.2) is 35.3 Å². The van der Waals surface area contributed by atoms with Crippen LogP contribution in [0.2, 0.25) is 0 Å². The fourth-order valence-corrected chi connectivity index (χ4v) is 3.41. The van der Waals surface area contributed by atoms with E-state index in [0.29, 0.717) is 11.8 Å². The van der Waals surface area contributed by atoms with Gasteiger partial charge in [0.2, 0.25) is 0 Å². The summed E-state index contributed by atoms with van der Waals surface area (Å²) < 4.78 is 1.69. The predicted octanol–water partition coefficient (Wildman–Crippen LogP) is 1.82. The molecule has 0 amide bonds. The van der Waals surface area contributed by atoms with Gasteiger partial charge in [-0.15, -0.1) is 0 Å². The van der Waals surface area contributed by atoms with Crippen molar-refractivity contribution in [3.8, 4) is 0 Å². The van der Waals surface area contributed by atoms with Crippen LogP contribution in [0.3, 0.4) is 0 Å². The Kier molecular flexibility index (Phi) is 4.38. The molecule has 4 rings (SSSR count). The summed E-state index contributed by atoms with van der Waals surface area (Å²) in [6.45, 7) is 3.69. The van der Waals surface area contributed by atoms with E-state index in [1.54, 1.807) is 16.9 Å². The molecule has 24 heavy (non-hydrogen) atoms. The minimum absolute atomic E-state index is 0.0291. The lowest BCUT2D eigenvalue weighted by Crippen LogP contribution is -2.36. The van der Waals surface area contributed by atoms with Crippen molar-refractivity contribution in [1.29, 1.82) is 0 Å². The lowest BCUT2D eigenvalue weighted by atomic mass is 9.96. The van der Waals surface area contributed by atoms with Crippen LogP contribution in [0.5, 0.6) is 0 Å². The molecule has 2 aromatic rings. The van der Waals surface area contributed by atoms with E-state index in [2.05, 4.69) is 20.2 Å². The van der Waals surface area contributed by atoms with Gasteiger partial charge in [0, 0.05) is 31.3 Å². The van der Waals surface area contributed by atoms with Gasteiger partial charge in [-0.3, -0.25) is 9.69 Å². The molecule has 6 heteroatoms. The average molecular weight is 325 g/mol. The lowest BCUT2D eigenvalue weighted by molar-refractivity contribution is 0.161. The normalized spacial score (nSPS) is 19.5. The quantitative estimate of drug-likeness (QED) is 0.839. The molecule has 2 fully saturated rings. The van der Waals surface area contributed by atoms with Gasteiger partial charge in [0.1, 0.15) is 0 Å². The third-order valence-corrected chi connectivity index (χ3v) is 5.03. The fourth-order valence-electron chi connectivity index (χ4n) is 3.41. The van der Waals surface area contributed by atoms with Crippen molar-refractivity contribution in [2.24, 2.45) is 5.92 Å². The topological polar surface area (TPSA) is 63.9 Å². The van der Waals surface area contributed by atoms with E-state index in [9.17, 15) is 4.79 Å². The maximum absolute atomic E-state index is 12.1. The van der Waals surface area contributed by atoms with E-state index >= 15 is 0 Å². The number of piperidine rings is 1. The van der Waals surface area contributed by atoms with E-state index in [-0.39, 0.29) is 5.56 Å². The second kappa shape index (κ2) is 6.81. The molecule has 126 valence electrons. The number of rotatable bonds is 5. The molecule has 2 aromatic heterocycles. The Balaban J connectivity index is 1.33. The van der Waals surface area contributed by atoms with Crippen molar-refractivity contribution in [2.75, 3.05) is 13.1 Å². The largest absolute Gasteiger partial charge is 0.297 e. The fraction of sp³-hybridized carbons (Fsp3) is 0.556. The van der Waals surface area contributed by atoms with E-state index in [1.807, 2.05) is 18.2 Å². The highest BCUT2D eigenvalue weighted by molar-refractivity contribution is 5.12. The molecule has 1 aliphatic carbocycles. The van der Waals surface area contributed by atoms with Crippen LogP contribution in [0, 0.1) is 5.92 Å². The van der Waals surface area contributed by atoms with Crippen LogP contribution in [0.4, 0.5) is 0 Å². The van der Waals surface area contributed by atoms with Gasteiger partial charge in [-0.25, -0.2) is 4.68 Å². The SMILES string of the molecule is O=c1ccc(C2CC2)nn1CC1CCN(Cc2cccnn2)CC1. The van der Waals surface area contributed by atoms with Crippen molar-refractivity contribution >= 4 is 0 Å². The van der Waals surface area contributed by atoms with Gasteiger partial charge in [-0.2, -0.15) is 15.3 Å². The number of aromatic nitrogens is 4. The highest BCUT2D eigenvalue weighted by Crippen LogP contribution is 2.38. The van der Waals surface area contributed by atoms with Crippen molar-refractivity contribution in [2.45, 2.75) is 44.7 Å². The molecule has 0 spiro atoms. The minimum Gasteiger partial charge on any atom is -0.297 e. The molecule has 0 aromatic carbocycles. The summed E-state index contributed by atoms with van der Waals surface area (Å²) in [5.41, 5.74) is 2.14. The summed E-state index contributed by atoms with van der Waals surface area (Å²) in [6.07, 6.45) is 6.33. The average Bonchev–Trinajstić information content (AvgIpc) is 3.45. The number of hydrogen-bond donors (Lipinski definition) is 0. The molecule has 1 saturated carbocycles. The first-order chi connectivity index (χ1) is 11.8. The third kappa shape index (κ3) is 3.70. The van der Waals surface area contributed by atoms with Gasteiger partial charge in [0.05, 0.1) is 11.4 Å². The second-order valence-electron chi connectivity index (χ2n) is 6.99. The second-order valence-corrected chi connectivity index (χ2v) is 6.99. The zero-order chi connectivity index (χ0) is 16.4. The first kappa shape index (κ1) is 15.4. The highest BCUT2D eigenvalue weighted by atomic mass is 16.1. The molecule has 0 bridgehead atoms. The van der Waals surface area contributed by atoms with Gasteiger partial charge >= 0.3 is 0 Å². The summed E-state index contributed by atoms with van der Waals surface area (Å²) in [4.78, 5) is 14.5. The molecule has 6 nitrogen and oxygen atoms in total. The smallest absolute Gasteiger partial charge is 0.266 e. The molecule has 2 aliphatic rings. The Morgan fingerprint density at radius 2 is 1.92 bits per heavy atom. The van der Waals surface area contributed by atoms with E-state index in [0.717, 1.165) is 50.4 Å². The molecule has 3 heterocycles. The van der Waals surface area contributed by atoms with Crippen molar-refractivity contribution in [3.05, 3.63) is 52.2 Å². The molecular weight excluding hydrogens is 302 g/mol. The van der Waals surface area contributed by atoms with Crippen LogP contribution in [0.25, 0.3) is 0 Å². The summed E-state index contributed by atoms with van der Waals surface area (Å²) in [6, 6.07) is 7.54. The van der Waals surface area contributed by atoms with Gasteiger partial charge in [-0.05, 0) is 62.9 Å². The van der Waals surface area contributed by atoms with Gasteiger partial charge < -0.3 is 0 Å². The molecule has 1 saturated heterocycles. The Bertz CT molecular complexity index is 733. The summed E-state index contributed by atoms with van der Waals surface area (Å²) in [5, 5.41) is 12.7. The number of nitrogens with zero attached hydrogens (tertiary/aromatic N) is 5. The summed E-state index contributed by atoms with van der Waals surface area (Å²) >= 11 is 0. The minimum atomic E-state index is 0.0291. The number of hydrogen-bond acceptors (Lipinski definition) is 5. The Labute approximate surface area is 141 Å². The first-order valence-electron chi connectivity index (χ1n) is 8.85. The Hall–Kier alpha value is -2.08. The van der Waals surface area contributed by atoms with E-state index in [1.165, 1.54) is 12.8 Å². The molecule has 0 radical (unpaired) electrons. The van der Waals surface area contributed by atoms with Gasteiger partial charge in [-0.1, -0.05) is 0 Å². The Morgan fingerprint density at radius 1 is 1.08 bits per heavy atom. The maximum Gasteiger partial charge on any atom is 0.266 e. The molecule has 0 N–H and O–H groups in total. The standard InChI is InChI=1S/C18H23N5O/c24-18-6-5-17(15-3-4-15)21-23(18)12-14-7-10-22(11-8-14)13-16-2-1-9-19-20-16/h1-2,5-6,9,14-15H,3-4,7-8,10-13H2. The van der Waals surface area contributed by atoms with Crippen LogP contribution in [-0.2, 0) is 13.1 Å². The predicted molar refractivity (Wildman–Crippen MR) is 90.5 cm³/mol. The van der Waals surface area contributed by atoms with Crippen molar-refractivity contribution in [3.63, 3.8) is 0 Å².